The van der Waals surface area contributed by atoms with Crippen molar-refractivity contribution in [2.75, 3.05) is 6.54 Å². The quantitative estimate of drug-likeness (QED) is 0.873. The molecule has 1 amide bonds. The van der Waals surface area contributed by atoms with Gasteiger partial charge in [0, 0.05) is 6.54 Å². The molecule has 1 heterocycles. The van der Waals surface area contributed by atoms with Crippen molar-refractivity contribution in [3.05, 3.63) is 35.4 Å². The molecule has 0 saturated carbocycles. The molecular formula is C16H24N2O. The van der Waals surface area contributed by atoms with E-state index in [4.69, 9.17) is 0 Å². The lowest BCUT2D eigenvalue weighted by Gasteiger charge is -2.16. The first-order valence-corrected chi connectivity index (χ1v) is 7.39. The topological polar surface area (TPSA) is 41.1 Å². The molecule has 1 atom stereocenters. The van der Waals surface area contributed by atoms with Crippen LogP contribution in [0.15, 0.2) is 24.3 Å². The standard InChI is InChI=1S/C16H24N2O/c1-2-13-8-5-6-9-14(13)12-18-16(19)15-10-4-3-7-11-17-15/h5-6,8-9,15,17H,2-4,7,10-12H2,1H3,(H,18,19). The third-order valence-corrected chi connectivity index (χ3v) is 3.83. The van der Waals surface area contributed by atoms with Crippen molar-refractivity contribution in [2.45, 2.75) is 51.6 Å². The third kappa shape index (κ3) is 4.06. The normalized spacial score (nSPS) is 19.7. The molecule has 1 aromatic carbocycles. The van der Waals surface area contributed by atoms with E-state index >= 15 is 0 Å². The van der Waals surface area contributed by atoms with Crippen molar-refractivity contribution in [3.63, 3.8) is 0 Å². The van der Waals surface area contributed by atoms with Crippen molar-refractivity contribution in [3.8, 4) is 0 Å². The zero-order valence-electron chi connectivity index (χ0n) is 11.7. The molecule has 1 unspecified atom stereocenters. The average Bonchev–Trinajstić information content (AvgIpc) is 2.74. The molecule has 104 valence electrons. The van der Waals surface area contributed by atoms with Crippen LogP contribution in [0.2, 0.25) is 0 Å². The first-order chi connectivity index (χ1) is 9.31. The summed E-state index contributed by atoms with van der Waals surface area (Å²) in [5.41, 5.74) is 2.54. The minimum Gasteiger partial charge on any atom is -0.351 e. The number of hydrogen-bond acceptors (Lipinski definition) is 2. The number of amides is 1. The molecule has 0 radical (unpaired) electrons. The van der Waals surface area contributed by atoms with E-state index in [2.05, 4.69) is 35.8 Å². The van der Waals surface area contributed by atoms with Crippen LogP contribution < -0.4 is 10.6 Å². The molecule has 1 aliphatic heterocycles. The minimum absolute atomic E-state index is 0.00344. The molecule has 1 fully saturated rings. The summed E-state index contributed by atoms with van der Waals surface area (Å²) < 4.78 is 0. The first-order valence-electron chi connectivity index (χ1n) is 7.39. The highest BCUT2D eigenvalue weighted by molar-refractivity contribution is 5.81. The van der Waals surface area contributed by atoms with Gasteiger partial charge < -0.3 is 10.6 Å². The SMILES string of the molecule is CCc1ccccc1CNC(=O)C1CCCCCN1. The molecular weight excluding hydrogens is 236 g/mol. The monoisotopic (exact) mass is 260 g/mol. The van der Waals surface area contributed by atoms with Gasteiger partial charge in [-0.25, -0.2) is 0 Å². The fourth-order valence-corrected chi connectivity index (χ4v) is 2.63. The van der Waals surface area contributed by atoms with E-state index in [1.807, 2.05) is 6.07 Å². The maximum Gasteiger partial charge on any atom is 0.237 e. The molecule has 19 heavy (non-hydrogen) atoms. The molecule has 0 aromatic heterocycles. The van der Waals surface area contributed by atoms with Crippen LogP contribution >= 0.6 is 0 Å². The van der Waals surface area contributed by atoms with E-state index in [0.717, 1.165) is 25.8 Å². The van der Waals surface area contributed by atoms with Gasteiger partial charge in [-0.2, -0.15) is 0 Å². The largest absolute Gasteiger partial charge is 0.351 e. The summed E-state index contributed by atoms with van der Waals surface area (Å²) in [4.78, 5) is 12.2. The number of carbonyl (C=O) groups is 1. The lowest BCUT2D eigenvalue weighted by molar-refractivity contribution is -0.123. The maximum absolute atomic E-state index is 12.2. The van der Waals surface area contributed by atoms with Crippen molar-refractivity contribution in [1.82, 2.24) is 10.6 Å². The summed E-state index contributed by atoms with van der Waals surface area (Å²) in [5.74, 6) is 0.146. The predicted molar refractivity (Wildman–Crippen MR) is 77.9 cm³/mol. The van der Waals surface area contributed by atoms with Gasteiger partial charge in [0.1, 0.15) is 0 Å². The zero-order valence-corrected chi connectivity index (χ0v) is 11.7. The van der Waals surface area contributed by atoms with Crippen LogP contribution in [0.4, 0.5) is 0 Å². The molecule has 1 aromatic rings. The van der Waals surface area contributed by atoms with Crippen molar-refractivity contribution < 1.29 is 4.79 Å². The molecule has 0 aliphatic carbocycles. The van der Waals surface area contributed by atoms with Crippen molar-refractivity contribution in [2.24, 2.45) is 0 Å². The number of benzene rings is 1. The van der Waals surface area contributed by atoms with E-state index in [1.165, 1.54) is 24.0 Å². The molecule has 1 aliphatic rings. The zero-order chi connectivity index (χ0) is 13.5. The molecule has 0 bridgehead atoms. The van der Waals surface area contributed by atoms with Gasteiger partial charge in [0.15, 0.2) is 0 Å². The van der Waals surface area contributed by atoms with Crippen LogP contribution in [0, 0.1) is 0 Å². The van der Waals surface area contributed by atoms with E-state index in [1.54, 1.807) is 0 Å². The van der Waals surface area contributed by atoms with Gasteiger partial charge in [-0.1, -0.05) is 44.0 Å². The Balaban J connectivity index is 1.88. The van der Waals surface area contributed by atoms with Gasteiger partial charge in [-0.05, 0) is 36.9 Å². The highest BCUT2D eigenvalue weighted by Crippen LogP contribution is 2.11. The fraction of sp³-hybridized carbons (Fsp3) is 0.562. The molecule has 2 N–H and O–H groups in total. The Kier molecular flexibility index (Phi) is 5.40. The summed E-state index contributed by atoms with van der Waals surface area (Å²) in [5, 5.41) is 6.40. The van der Waals surface area contributed by atoms with Crippen molar-refractivity contribution in [1.29, 1.82) is 0 Å². The summed E-state index contributed by atoms with van der Waals surface area (Å²) in [6.07, 6.45) is 5.53. The second-order valence-corrected chi connectivity index (χ2v) is 5.20. The molecule has 3 nitrogen and oxygen atoms in total. The summed E-state index contributed by atoms with van der Waals surface area (Å²) in [6.45, 7) is 3.75. The summed E-state index contributed by atoms with van der Waals surface area (Å²) >= 11 is 0. The van der Waals surface area contributed by atoms with Gasteiger partial charge in [0.25, 0.3) is 0 Å². The first kappa shape index (κ1) is 14.1. The average molecular weight is 260 g/mol. The Labute approximate surface area is 115 Å². The minimum atomic E-state index is -0.00344. The number of aryl methyl sites for hydroxylation is 1. The van der Waals surface area contributed by atoms with Crippen LogP contribution in [0.1, 0.15) is 43.7 Å². The lowest BCUT2D eigenvalue weighted by Crippen LogP contribution is -2.43. The number of carbonyl (C=O) groups excluding carboxylic acids is 1. The second-order valence-electron chi connectivity index (χ2n) is 5.20. The third-order valence-electron chi connectivity index (χ3n) is 3.83. The van der Waals surface area contributed by atoms with Gasteiger partial charge >= 0.3 is 0 Å². The van der Waals surface area contributed by atoms with Crippen LogP contribution in [-0.2, 0) is 17.8 Å². The van der Waals surface area contributed by atoms with Crippen molar-refractivity contribution >= 4 is 5.91 Å². The molecule has 2 rings (SSSR count). The van der Waals surface area contributed by atoms with Crippen LogP contribution in [0.25, 0.3) is 0 Å². The molecule has 3 heteroatoms. The number of nitrogens with one attached hydrogen (secondary N) is 2. The highest BCUT2D eigenvalue weighted by Gasteiger charge is 2.19. The number of hydrogen-bond donors (Lipinski definition) is 2. The van der Waals surface area contributed by atoms with Gasteiger partial charge in [0.2, 0.25) is 5.91 Å². The summed E-state index contributed by atoms with van der Waals surface area (Å²) in [7, 11) is 0. The van der Waals surface area contributed by atoms with E-state index in [9.17, 15) is 4.79 Å². The number of rotatable bonds is 4. The maximum atomic E-state index is 12.2. The predicted octanol–water partition coefficient (Wildman–Crippen LogP) is 2.40. The summed E-state index contributed by atoms with van der Waals surface area (Å²) in [6, 6.07) is 8.31. The van der Waals surface area contributed by atoms with Gasteiger partial charge in [-0.3, -0.25) is 4.79 Å². The van der Waals surface area contributed by atoms with Crippen LogP contribution in [-0.4, -0.2) is 18.5 Å². The Hall–Kier alpha value is -1.35. The molecule has 0 spiro atoms. The lowest BCUT2D eigenvalue weighted by atomic mass is 10.1. The highest BCUT2D eigenvalue weighted by atomic mass is 16.2. The second kappa shape index (κ2) is 7.29. The van der Waals surface area contributed by atoms with E-state index < -0.39 is 0 Å². The van der Waals surface area contributed by atoms with Gasteiger partial charge in [0.05, 0.1) is 6.04 Å². The Morgan fingerprint density at radius 2 is 2.05 bits per heavy atom. The van der Waals surface area contributed by atoms with E-state index in [-0.39, 0.29) is 11.9 Å². The smallest absolute Gasteiger partial charge is 0.237 e. The Morgan fingerprint density at radius 3 is 2.84 bits per heavy atom. The molecule has 1 saturated heterocycles. The fourth-order valence-electron chi connectivity index (χ4n) is 2.63. The Morgan fingerprint density at radius 1 is 1.26 bits per heavy atom. The van der Waals surface area contributed by atoms with Gasteiger partial charge in [-0.15, -0.1) is 0 Å². The van der Waals surface area contributed by atoms with Crippen LogP contribution in [0.3, 0.4) is 0 Å². The van der Waals surface area contributed by atoms with E-state index in [0.29, 0.717) is 6.54 Å². The van der Waals surface area contributed by atoms with Crippen LogP contribution in [0.5, 0.6) is 0 Å². The Bertz CT molecular complexity index is 409.